The van der Waals surface area contributed by atoms with Gasteiger partial charge in [0.05, 0.1) is 17.3 Å². The fourth-order valence-corrected chi connectivity index (χ4v) is 2.63. The zero-order chi connectivity index (χ0) is 13.8. The number of hydrogen-bond donors (Lipinski definition) is 0. The number of nitrogens with zero attached hydrogens (tertiary/aromatic N) is 3. The van der Waals surface area contributed by atoms with Crippen LogP contribution in [0.5, 0.6) is 5.75 Å². The lowest BCUT2D eigenvalue weighted by Gasteiger charge is -2.08. The summed E-state index contributed by atoms with van der Waals surface area (Å²) in [6.07, 6.45) is 3.07. The van der Waals surface area contributed by atoms with Gasteiger partial charge in [0.1, 0.15) is 18.7 Å². The molecule has 0 aliphatic carbocycles. The number of aromatic nitrogens is 3. The van der Waals surface area contributed by atoms with E-state index in [2.05, 4.69) is 10.2 Å². The van der Waals surface area contributed by atoms with E-state index in [1.54, 1.807) is 29.0 Å². The monoisotopic (exact) mass is 319 g/mol. The van der Waals surface area contributed by atoms with Gasteiger partial charge in [-0.3, -0.25) is 4.21 Å². The van der Waals surface area contributed by atoms with Crippen molar-refractivity contribution >= 4 is 34.0 Å². The van der Waals surface area contributed by atoms with Gasteiger partial charge in [0, 0.05) is 16.3 Å². The number of ether oxygens (including phenoxy) is 1. The molecule has 0 radical (unpaired) electrons. The molecule has 19 heavy (non-hydrogen) atoms. The van der Waals surface area contributed by atoms with Crippen molar-refractivity contribution < 1.29 is 8.95 Å². The second kappa shape index (κ2) is 6.36. The molecule has 1 heterocycles. The fraction of sp³-hybridized carbons (Fsp3) is 0.273. The predicted molar refractivity (Wildman–Crippen MR) is 74.3 cm³/mol. The van der Waals surface area contributed by atoms with E-state index < -0.39 is 10.8 Å². The van der Waals surface area contributed by atoms with Crippen molar-refractivity contribution in [2.75, 3.05) is 12.9 Å². The maximum Gasteiger partial charge on any atom is 0.221 e. The Kier molecular flexibility index (Phi) is 4.79. The first-order chi connectivity index (χ1) is 9.06. The Hall–Kier alpha value is -1.11. The van der Waals surface area contributed by atoms with E-state index >= 15 is 0 Å². The van der Waals surface area contributed by atoms with Crippen LogP contribution in [0.1, 0.15) is 0 Å². The Morgan fingerprint density at radius 1 is 1.32 bits per heavy atom. The highest BCUT2D eigenvalue weighted by Crippen LogP contribution is 2.24. The highest BCUT2D eigenvalue weighted by molar-refractivity contribution is 7.84. The maximum atomic E-state index is 11.4. The lowest BCUT2D eigenvalue weighted by Crippen LogP contribution is -2.11. The molecular weight excluding hydrogens is 309 g/mol. The Balaban J connectivity index is 1.96. The smallest absolute Gasteiger partial charge is 0.221 e. The number of benzene rings is 1. The van der Waals surface area contributed by atoms with Crippen LogP contribution < -0.4 is 4.74 Å². The third-order valence-corrected chi connectivity index (χ3v) is 3.54. The molecule has 0 bridgehead atoms. The van der Waals surface area contributed by atoms with Gasteiger partial charge in [-0.15, -0.1) is 10.2 Å². The minimum atomic E-state index is -1.17. The molecule has 1 atom stereocenters. The molecule has 0 aliphatic rings. The van der Waals surface area contributed by atoms with Crippen LogP contribution in [0, 0.1) is 0 Å². The quantitative estimate of drug-likeness (QED) is 0.849. The van der Waals surface area contributed by atoms with Crippen molar-refractivity contribution in [1.82, 2.24) is 14.8 Å². The Bertz CT molecular complexity index is 583. The van der Waals surface area contributed by atoms with E-state index in [1.807, 2.05) is 0 Å². The van der Waals surface area contributed by atoms with Gasteiger partial charge in [0.2, 0.25) is 5.16 Å². The van der Waals surface area contributed by atoms with Crippen LogP contribution in [0.2, 0.25) is 10.0 Å². The maximum absolute atomic E-state index is 11.4. The molecule has 2 aromatic rings. The molecule has 0 saturated heterocycles. The van der Waals surface area contributed by atoms with E-state index in [0.717, 1.165) is 0 Å². The Labute approximate surface area is 123 Å². The van der Waals surface area contributed by atoms with Gasteiger partial charge in [0.25, 0.3) is 0 Å². The summed E-state index contributed by atoms with van der Waals surface area (Å²) < 4.78 is 18.6. The Morgan fingerprint density at radius 2 is 2.00 bits per heavy atom. The molecule has 5 nitrogen and oxygen atoms in total. The molecule has 0 amide bonds. The SMILES string of the molecule is C[S@](=O)c1nncn1CCOc1cc(Cl)cc(Cl)c1. The summed E-state index contributed by atoms with van der Waals surface area (Å²) in [6.45, 7) is 0.866. The first kappa shape index (κ1) is 14.3. The van der Waals surface area contributed by atoms with Crippen LogP contribution in [0.3, 0.4) is 0 Å². The first-order valence-electron chi connectivity index (χ1n) is 5.36. The van der Waals surface area contributed by atoms with E-state index in [0.29, 0.717) is 34.1 Å². The van der Waals surface area contributed by atoms with Gasteiger partial charge < -0.3 is 9.30 Å². The van der Waals surface area contributed by atoms with E-state index in [4.69, 9.17) is 27.9 Å². The van der Waals surface area contributed by atoms with Crippen molar-refractivity contribution in [3.05, 3.63) is 34.6 Å². The Morgan fingerprint density at radius 3 is 2.63 bits per heavy atom. The summed E-state index contributed by atoms with van der Waals surface area (Å²) in [5, 5.41) is 8.96. The number of hydrogen-bond acceptors (Lipinski definition) is 4. The van der Waals surface area contributed by atoms with Crippen molar-refractivity contribution in [2.24, 2.45) is 0 Å². The summed E-state index contributed by atoms with van der Waals surface area (Å²) in [5.74, 6) is 0.588. The fourth-order valence-electron chi connectivity index (χ4n) is 1.49. The zero-order valence-electron chi connectivity index (χ0n) is 10.0. The van der Waals surface area contributed by atoms with Crippen LogP contribution in [-0.2, 0) is 17.3 Å². The molecule has 8 heteroatoms. The highest BCUT2D eigenvalue weighted by Gasteiger charge is 2.07. The van der Waals surface area contributed by atoms with Gasteiger partial charge in [-0.2, -0.15) is 0 Å². The average Bonchev–Trinajstić information content (AvgIpc) is 2.76. The highest BCUT2D eigenvalue weighted by atomic mass is 35.5. The molecule has 2 rings (SSSR count). The van der Waals surface area contributed by atoms with E-state index in [9.17, 15) is 4.21 Å². The largest absolute Gasteiger partial charge is 0.492 e. The van der Waals surface area contributed by atoms with Gasteiger partial charge in [-0.1, -0.05) is 23.2 Å². The summed E-state index contributed by atoms with van der Waals surface area (Å²) in [5.41, 5.74) is 0. The van der Waals surface area contributed by atoms with Crippen molar-refractivity contribution in [2.45, 2.75) is 11.7 Å². The van der Waals surface area contributed by atoms with Crippen LogP contribution >= 0.6 is 23.2 Å². The van der Waals surface area contributed by atoms with Crippen LogP contribution in [0.25, 0.3) is 0 Å². The molecule has 0 aliphatic heterocycles. The van der Waals surface area contributed by atoms with Gasteiger partial charge >= 0.3 is 0 Å². The summed E-state index contributed by atoms with van der Waals surface area (Å²) in [7, 11) is -1.17. The molecule has 102 valence electrons. The molecule has 0 unspecified atom stereocenters. The zero-order valence-corrected chi connectivity index (χ0v) is 12.4. The summed E-state index contributed by atoms with van der Waals surface area (Å²) in [6, 6.07) is 4.99. The van der Waals surface area contributed by atoms with Gasteiger partial charge in [-0.05, 0) is 18.2 Å². The standard InChI is InChI=1S/C11H11Cl2N3O2S/c1-19(17)11-15-14-7-16(11)2-3-18-10-5-8(12)4-9(13)6-10/h4-7H,2-3H2,1H3/t19-/m0/s1. The normalized spacial score (nSPS) is 12.4. The van der Waals surface area contributed by atoms with Crippen molar-refractivity contribution in [3.8, 4) is 5.75 Å². The second-order valence-electron chi connectivity index (χ2n) is 3.71. The molecule has 1 aromatic heterocycles. The first-order valence-corrected chi connectivity index (χ1v) is 7.68. The van der Waals surface area contributed by atoms with Gasteiger partial charge in [-0.25, -0.2) is 0 Å². The minimum absolute atomic E-state index is 0.374. The predicted octanol–water partition coefficient (Wildman–Crippen LogP) is 2.40. The van der Waals surface area contributed by atoms with Crippen molar-refractivity contribution in [1.29, 1.82) is 0 Å². The minimum Gasteiger partial charge on any atom is -0.492 e. The molecular formula is C11H11Cl2N3O2S. The van der Waals surface area contributed by atoms with Crippen LogP contribution in [0.4, 0.5) is 0 Å². The average molecular weight is 320 g/mol. The second-order valence-corrected chi connectivity index (χ2v) is 5.86. The van der Waals surface area contributed by atoms with Gasteiger partial charge in [0.15, 0.2) is 0 Å². The molecule has 0 fully saturated rings. The van der Waals surface area contributed by atoms with E-state index in [-0.39, 0.29) is 0 Å². The van der Waals surface area contributed by atoms with Crippen molar-refractivity contribution in [3.63, 3.8) is 0 Å². The third-order valence-electron chi connectivity index (χ3n) is 2.27. The molecule has 0 saturated carbocycles. The lowest BCUT2D eigenvalue weighted by atomic mass is 10.3. The summed E-state index contributed by atoms with van der Waals surface area (Å²) >= 11 is 11.7. The lowest BCUT2D eigenvalue weighted by molar-refractivity contribution is 0.293. The van der Waals surface area contributed by atoms with Crippen LogP contribution in [-0.4, -0.2) is 31.8 Å². The third kappa shape index (κ3) is 3.92. The molecule has 0 spiro atoms. The van der Waals surface area contributed by atoms with E-state index in [1.165, 1.54) is 6.33 Å². The topological polar surface area (TPSA) is 57.0 Å². The molecule has 1 aromatic carbocycles. The van der Waals surface area contributed by atoms with Crippen LogP contribution in [0.15, 0.2) is 29.7 Å². The number of halogens is 2. The molecule has 0 N–H and O–H groups in total. The number of rotatable bonds is 5. The summed E-state index contributed by atoms with van der Waals surface area (Å²) in [4.78, 5) is 0.